The molecule has 2 N–H and O–H groups in total. The van der Waals surface area contributed by atoms with Crippen molar-refractivity contribution >= 4 is 32.7 Å². The van der Waals surface area contributed by atoms with Gasteiger partial charge in [0.2, 0.25) is 0 Å². The molecule has 0 bridgehead atoms. The molecule has 2 unspecified atom stereocenters. The standard InChI is InChI=1S/C20H25N3O6S/c1-21-11-16(15-10-13(19(24)25)2-3-17(15)21)18(20(26)27)23-7-5-22(6-8-23)14-4-9-30(28,29)12-14/h2-3,10-11,14,18H,4-9,12H2,1H3,(H,24,25)(H,26,27). The molecule has 10 heteroatoms. The number of carbonyl (C=O) groups is 2. The molecular weight excluding hydrogens is 410 g/mol. The highest BCUT2D eigenvalue weighted by Gasteiger charge is 2.37. The van der Waals surface area contributed by atoms with Crippen LogP contribution in [-0.2, 0) is 21.7 Å². The highest BCUT2D eigenvalue weighted by atomic mass is 32.2. The zero-order valence-electron chi connectivity index (χ0n) is 16.7. The second kappa shape index (κ2) is 7.68. The lowest BCUT2D eigenvalue weighted by Gasteiger charge is -2.40. The second-order valence-corrected chi connectivity index (χ2v) is 10.3. The maximum absolute atomic E-state index is 12.2. The average Bonchev–Trinajstić information content (AvgIpc) is 3.21. The summed E-state index contributed by atoms with van der Waals surface area (Å²) < 4.78 is 25.4. The van der Waals surface area contributed by atoms with E-state index in [0.717, 1.165) is 5.52 Å². The molecule has 162 valence electrons. The molecule has 30 heavy (non-hydrogen) atoms. The number of carboxylic acids is 2. The van der Waals surface area contributed by atoms with E-state index in [0.29, 0.717) is 43.5 Å². The zero-order chi connectivity index (χ0) is 21.6. The monoisotopic (exact) mass is 435 g/mol. The Morgan fingerprint density at radius 1 is 1.13 bits per heavy atom. The third-order valence-electron chi connectivity index (χ3n) is 6.23. The minimum Gasteiger partial charge on any atom is -0.480 e. The number of nitrogens with zero attached hydrogens (tertiary/aromatic N) is 3. The van der Waals surface area contributed by atoms with Gasteiger partial charge in [0.15, 0.2) is 9.84 Å². The Labute approximate surface area is 174 Å². The molecular formula is C20H25N3O6S. The predicted octanol–water partition coefficient (Wildman–Crippen LogP) is 0.807. The van der Waals surface area contributed by atoms with Gasteiger partial charge < -0.3 is 14.8 Å². The first kappa shape index (κ1) is 20.8. The van der Waals surface area contributed by atoms with Crippen LogP contribution in [0.3, 0.4) is 0 Å². The SMILES string of the molecule is Cn1cc(C(C(=O)O)N2CCN(C3CCS(=O)(=O)C3)CC2)c2cc(C(=O)O)ccc21. The Morgan fingerprint density at radius 3 is 2.40 bits per heavy atom. The molecule has 1 aromatic heterocycles. The third kappa shape index (κ3) is 3.82. The number of aromatic carboxylic acids is 1. The van der Waals surface area contributed by atoms with Gasteiger partial charge in [-0.25, -0.2) is 13.2 Å². The van der Waals surface area contributed by atoms with E-state index in [2.05, 4.69) is 4.90 Å². The second-order valence-electron chi connectivity index (χ2n) is 8.10. The smallest absolute Gasteiger partial charge is 0.335 e. The van der Waals surface area contributed by atoms with Gasteiger partial charge in [0, 0.05) is 61.9 Å². The molecule has 2 saturated heterocycles. The van der Waals surface area contributed by atoms with Crippen molar-refractivity contribution in [3.8, 4) is 0 Å². The van der Waals surface area contributed by atoms with Crippen LogP contribution in [0.5, 0.6) is 0 Å². The molecule has 0 radical (unpaired) electrons. The van der Waals surface area contributed by atoms with E-state index in [4.69, 9.17) is 0 Å². The van der Waals surface area contributed by atoms with Crippen molar-refractivity contribution in [1.29, 1.82) is 0 Å². The first-order valence-corrected chi connectivity index (χ1v) is 11.7. The van der Waals surface area contributed by atoms with Gasteiger partial charge in [-0.3, -0.25) is 14.6 Å². The molecule has 2 fully saturated rings. The Hall–Kier alpha value is -2.43. The van der Waals surface area contributed by atoms with Crippen LogP contribution in [0.1, 0.15) is 28.4 Å². The number of sulfone groups is 1. The van der Waals surface area contributed by atoms with Gasteiger partial charge in [-0.1, -0.05) is 0 Å². The fourth-order valence-corrected chi connectivity index (χ4v) is 6.45. The molecule has 0 aliphatic carbocycles. The highest BCUT2D eigenvalue weighted by Crippen LogP contribution is 2.32. The summed E-state index contributed by atoms with van der Waals surface area (Å²) in [6.07, 6.45) is 2.39. The Morgan fingerprint density at radius 2 is 1.83 bits per heavy atom. The van der Waals surface area contributed by atoms with E-state index in [9.17, 15) is 28.2 Å². The molecule has 1 aromatic carbocycles. The van der Waals surface area contributed by atoms with Gasteiger partial charge in [-0.2, -0.15) is 0 Å². The lowest BCUT2D eigenvalue weighted by atomic mass is 10.0. The normalized spacial score (nSPS) is 23.6. The first-order valence-electron chi connectivity index (χ1n) is 9.90. The Balaban J connectivity index is 1.59. The largest absolute Gasteiger partial charge is 0.480 e. The maximum atomic E-state index is 12.2. The number of fused-ring (bicyclic) bond motifs is 1. The highest BCUT2D eigenvalue weighted by molar-refractivity contribution is 7.91. The molecule has 2 aliphatic heterocycles. The lowest BCUT2D eigenvalue weighted by Crippen LogP contribution is -2.52. The Bertz CT molecular complexity index is 1100. The van der Waals surface area contributed by atoms with Gasteiger partial charge in [-0.15, -0.1) is 0 Å². The number of hydrogen-bond donors (Lipinski definition) is 2. The molecule has 0 amide bonds. The van der Waals surface area contributed by atoms with Crippen molar-refractivity contribution in [3.05, 3.63) is 35.5 Å². The van der Waals surface area contributed by atoms with E-state index in [-0.39, 0.29) is 23.1 Å². The minimum absolute atomic E-state index is 0.0103. The molecule has 9 nitrogen and oxygen atoms in total. The summed E-state index contributed by atoms with van der Waals surface area (Å²) in [6, 6.07) is 3.85. The summed E-state index contributed by atoms with van der Waals surface area (Å²) in [6.45, 7) is 2.22. The van der Waals surface area contributed by atoms with Crippen molar-refractivity contribution in [2.24, 2.45) is 7.05 Å². The molecule has 2 atom stereocenters. The van der Waals surface area contributed by atoms with Gasteiger partial charge >= 0.3 is 11.9 Å². The number of aryl methyl sites for hydroxylation is 1. The van der Waals surface area contributed by atoms with Gasteiger partial charge in [-0.05, 0) is 24.6 Å². The van der Waals surface area contributed by atoms with Gasteiger partial charge in [0.25, 0.3) is 0 Å². The number of carboxylic acid groups (broad SMARTS) is 2. The van der Waals surface area contributed by atoms with E-state index in [1.807, 2.05) is 16.5 Å². The Kier molecular flexibility index (Phi) is 5.33. The molecule has 4 rings (SSSR count). The van der Waals surface area contributed by atoms with Crippen molar-refractivity contribution in [2.75, 3.05) is 37.7 Å². The van der Waals surface area contributed by atoms with Crippen molar-refractivity contribution in [1.82, 2.24) is 14.4 Å². The van der Waals surface area contributed by atoms with Crippen LogP contribution >= 0.6 is 0 Å². The van der Waals surface area contributed by atoms with Crippen LogP contribution in [0.15, 0.2) is 24.4 Å². The van der Waals surface area contributed by atoms with Crippen molar-refractivity contribution in [3.63, 3.8) is 0 Å². The number of aromatic nitrogens is 1. The molecule has 3 heterocycles. The summed E-state index contributed by atoms with van der Waals surface area (Å²) in [5, 5.41) is 20.0. The minimum atomic E-state index is -2.96. The molecule has 0 spiro atoms. The topological polar surface area (TPSA) is 120 Å². The van der Waals surface area contributed by atoms with Gasteiger partial charge in [0.1, 0.15) is 6.04 Å². The lowest BCUT2D eigenvalue weighted by molar-refractivity contribution is -0.144. The van der Waals surface area contributed by atoms with Gasteiger partial charge in [0.05, 0.1) is 17.1 Å². The van der Waals surface area contributed by atoms with Crippen molar-refractivity contribution < 1.29 is 28.2 Å². The zero-order valence-corrected chi connectivity index (χ0v) is 17.5. The van der Waals surface area contributed by atoms with E-state index in [1.165, 1.54) is 12.1 Å². The fraction of sp³-hybridized carbons (Fsp3) is 0.500. The first-order chi connectivity index (χ1) is 14.2. The average molecular weight is 436 g/mol. The quantitative estimate of drug-likeness (QED) is 0.708. The number of piperazine rings is 1. The van der Waals surface area contributed by atoms with E-state index >= 15 is 0 Å². The summed E-state index contributed by atoms with van der Waals surface area (Å²) in [5.41, 5.74) is 1.46. The number of hydrogen-bond acceptors (Lipinski definition) is 6. The summed E-state index contributed by atoms with van der Waals surface area (Å²) >= 11 is 0. The summed E-state index contributed by atoms with van der Waals surface area (Å²) in [4.78, 5) is 27.7. The third-order valence-corrected chi connectivity index (χ3v) is 7.98. The van der Waals surface area contributed by atoms with Crippen molar-refractivity contribution in [2.45, 2.75) is 18.5 Å². The number of benzene rings is 1. The summed E-state index contributed by atoms with van der Waals surface area (Å²) in [7, 11) is -1.15. The van der Waals surface area contributed by atoms with Crippen LogP contribution < -0.4 is 0 Å². The number of rotatable bonds is 5. The summed E-state index contributed by atoms with van der Waals surface area (Å²) in [5.74, 6) is -1.65. The fourth-order valence-electron chi connectivity index (χ4n) is 4.68. The van der Waals surface area contributed by atoms with Crippen LogP contribution in [0.2, 0.25) is 0 Å². The number of aliphatic carboxylic acids is 1. The molecule has 2 aromatic rings. The van der Waals surface area contributed by atoms with Crippen LogP contribution in [0, 0.1) is 0 Å². The maximum Gasteiger partial charge on any atom is 0.335 e. The molecule has 2 aliphatic rings. The predicted molar refractivity (Wildman–Crippen MR) is 110 cm³/mol. The van der Waals surface area contributed by atoms with Crippen LogP contribution in [-0.4, -0.2) is 88.7 Å². The van der Waals surface area contributed by atoms with Crippen LogP contribution in [0.25, 0.3) is 10.9 Å². The molecule has 0 saturated carbocycles. The van der Waals surface area contributed by atoms with Crippen LogP contribution in [0.4, 0.5) is 0 Å². The van der Waals surface area contributed by atoms with E-state index < -0.39 is 27.8 Å². The van der Waals surface area contributed by atoms with E-state index in [1.54, 1.807) is 12.3 Å².